The van der Waals surface area contributed by atoms with Crippen molar-refractivity contribution in [1.29, 1.82) is 0 Å². The molecule has 0 radical (unpaired) electrons. The zero-order valence-electron chi connectivity index (χ0n) is 14.6. The second-order valence-electron chi connectivity index (χ2n) is 6.01. The van der Waals surface area contributed by atoms with Crippen LogP contribution in [0.15, 0.2) is 42.7 Å². The average molecular weight is 356 g/mol. The Morgan fingerprint density at radius 3 is 2.62 bits per heavy atom. The maximum atomic E-state index is 13.0. The lowest BCUT2D eigenvalue weighted by Crippen LogP contribution is -2.50. The summed E-state index contributed by atoms with van der Waals surface area (Å²) >= 11 is 0. The standard InChI is InChI=1S/C19H20N2O5/c1-25-15-8-3-7-14(16(15)26-2)19(18(23)24)9-5-11-21(19)17(22)13-6-4-10-20-12-13/h3-4,6-8,10,12H,5,9,11H2,1-2H3,(H,23,24). The molecule has 1 aromatic heterocycles. The molecule has 2 aromatic rings. The number of hydrogen-bond acceptors (Lipinski definition) is 5. The van der Waals surface area contributed by atoms with Crippen molar-refractivity contribution in [2.24, 2.45) is 0 Å². The summed E-state index contributed by atoms with van der Waals surface area (Å²) in [6, 6.07) is 8.35. The van der Waals surface area contributed by atoms with E-state index in [9.17, 15) is 14.7 Å². The predicted molar refractivity (Wildman–Crippen MR) is 93.4 cm³/mol. The van der Waals surface area contributed by atoms with E-state index in [0.29, 0.717) is 35.6 Å². The molecule has 0 saturated carbocycles. The second kappa shape index (κ2) is 7.03. The lowest BCUT2D eigenvalue weighted by molar-refractivity contribution is -0.149. The fourth-order valence-corrected chi connectivity index (χ4v) is 3.57. The van der Waals surface area contributed by atoms with Crippen molar-refractivity contribution >= 4 is 11.9 Å². The molecular weight excluding hydrogens is 336 g/mol. The highest BCUT2D eigenvalue weighted by Gasteiger charge is 2.53. The van der Waals surface area contributed by atoms with Crippen LogP contribution in [-0.4, -0.2) is 47.6 Å². The quantitative estimate of drug-likeness (QED) is 0.884. The molecule has 26 heavy (non-hydrogen) atoms. The highest BCUT2D eigenvalue weighted by atomic mass is 16.5. The zero-order chi connectivity index (χ0) is 18.7. The summed E-state index contributed by atoms with van der Waals surface area (Å²) in [6.07, 6.45) is 3.86. The molecule has 0 spiro atoms. The van der Waals surface area contributed by atoms with Crippen molar-refractivity contribution in [3.63, 3.8) is 0 Å². The van der Waals surface area contributed by atoms with Crippen molar-refractivity contribution in [3.05, 3.63) is 53.9 Å². The Bertz CT molecular complexity index is 824. The predicted octanol–water partition coefficient (Wildman–Crippen LogP) is 2.31. The summed E-state index contributed by atoms with van der Waals surface area (Å²) in [6.45, 7) is 0.334. The van der Waals surface area contributed by atoms with Gasteiger partial charge in [0.05, 0.1) is 19.8 Å². The molecule has 1 fully saturated rings. The Kier molecular flexibility index (Phi) is 4.79. The first-order chi connectivity index (χ1) is 12.6. The Hall–Kier alpha value is -3.09. The number of likely N-dealkylation sites (tertiary alicyclic amines) is 1. The minimum Gasteiger partial charge on any atom is -0.493 e. The van der Waals surface area contributed by atoms with Gasteiger partial charge in [-0.1, -0.05) is 12.1 Å². The van der Waals surface area contributed by atoms with Crippen LogP contribution in [0.1, 0.15) is 28.8 Å². The number of rotatable bonds is 5. The van der Waals surface area contributed by atoms with Crippen molar-refractivity contribution in [1.82, 2.24) is 9.88 Å². The van der Waals surface area contributed by atoms with Crippen molar-refractivity contribution in [2.45, 2.75) is 18.4 Å². The van der Waals surface area contributed by atoms with Gasteiger partial charge in [0.2, 0.25) is 0 Å². The monoisotopic (exact) mass is 356 g/mol. The average Bonchev–Trinajstić information content (AvgIpc) is 3.13. The molecule has 1 aliphatic heterocycles. The number of carboxylic acids is 1. The van der Waals surface area contributed by atoms with Gasteiger partial charge in [0.25, 0.3) is 5.91 Å². The number of nitrogens with zero attached hydrogens (tertiary/aromatic N) is 2. The van der Waals surface area contributed by atoms with Crippen LogP contribution in [-0.2, 0) is 10.3 Å². The van der Waals surface area contributed by atoms with Gasteiger partial charge < -0.3 is 19.5 Å². The minimum absolute atomic E-state index is 0.290. The van der Waals surface area contributed by atoms with E-state index < -0.39 is 11.5 Å². The van der Waals surface area contributed by atoms with Gasteiger partial charge in [-0.15, -0.1) is 0 Å². The Labute approximate surface area is 151 Å². The van der Waals surface area contributed by atoms with Crippen molar-refractivity contribution in [2.75, 3.05) is 20.8 Å². The molecule has 136 valence electrons. The van der Waals surface area contributed by atoms with Crippen LogP contribution in [0.4, 0.5) is 0 Å². The van der Waals surface area contributed by atoms with E-state index in [2.05, 4.69) is 4.98 Å². The molecule has 3 rings (SSSR count). The lowest BCUT2D eigenvalue weighted by atomic mass is 9.85. The van der Waals surface area contributed by atoms with E-state index in [1.165, 1.54) is 25.3 Å². The third-order valence-corrected chi connectivity index (χ3v) is 4.74. The van der Waals surface area contributed by atoms with Crippen LogP contribution < -0.4 is 9.47 Å². The SMILES string of the molecule is COc1cccc(C2(C(=O)O)CCCN2C(=O)c2cccnc2)c1OC. The maximum absolute atomic E-state index is 13.0. The lowest BCUT2D eigenvalue weighted by Gasteiger charge is -2.36. The molecule has 7 heteroatoms. The van der Waals surface area contributed by atoms with Crippen LogP contribution in [0.25, 0.3) is 0 Å². The number of benzene rings is 1. The van der Waals surface area contributed by atoms with Gasteiger partial charge in [-0.2, -0.15) is 0 Å². The Morgan fingerprint density at radius 1 is 1.19 bits per heavy atom. The second-order valence-corrected chi connectivity index (χ2v) is 6.01. The highest BCUT2D eigenvalue weighted by Crippen LogP contribution is 2.46. The number of amides is 1. The van der Waals surface area contributed by atoms with Crippen LogP contribution in [0.3, 0.4) is 0 Å². The number of aliphatic carboxylic acids is 1. The number of carboxylic acid groups (broad SMARTS) is 1. The molecule has 1 unspecified atom stereocenters. The largest absolute Gasteiger partial charge is 0.493 e. The van der Waals surface area contributed by atoms with Gasteiger partial charge in [0.15, 0.2) is 17.0 Å². The van der Waals surface area contributed by atoms with Crippen LogP contribution in [0.5, 0.6) is 11.5 Å². The number of aromatic nitrogens is 1. The Balaban J connectivity index is 2.17. The molecule has 1 saturated heterocycles. The Morgan fingerprint density at radius 2 is 2.00 bits per heavy atom. The summed E-state index contributed by atoms with van der Waals surface area (Å²) < 4.78 is 10.8. The number of methoxy groups -OCH3 is 2. The first kappa shape index (κ1) is 17.7. The van der Waals surface area contributed by atoms with E-state index >= 15 is 0 Å². The third kappa shape index (κ3) is 2.65. The summed E-state index contributed by atoms with van der Waals surface area (Å²) in [5, 5.41) is 10.2. The van der Waals surface area contributed by atoms with Crippen molar-refractivity contribution < 1.29 is 24.2 Å². The van der Waals surface area contributed by atoms with E-state index in [4.69, 9.17) is 9.47 Å². The van der Waals surface area contributed by atoms with Crippen molar-refractivity contribution in [3.8, 4) is 11.5 Å². The number of ether oxygens (including phenoxy) is 2. The van der Waals surface area contributed by atoms with Gasteiger partial charge in [-0.3, -0.25) is 9.78 Å². The van der Waals surface area contributed by atoms with Crippen LogP contribution >= 0.6 is 0 Å². The number of hydrogen-bond donors (Lipinski definition) is 1. The first-order valence-electron chi connectivity index (χ1n) is 8.23. The third-order valence-electron chi connectivity index (χ3n) is 4.74. The van der Waals surface area contributed by atoms with E-state index in [1.807, 2.05) is 0 Å². The molecule has 1 aromatic carbocycles. The van der Waals surface area contributed by atoms with E-state index in [0.717, 1.165) is 0 Å². The van der Waals surface area contributed by atoms with E-state index in [-0.39, 0.29) is 12.3 Å². The molecule has 0 bridgehead atoms. The number of pyridine rings is 1. The molecule has 1 N–H and O–H groups in total. The molecule has 7 nitrogen and oxygen atoms in total. The number of carbonyl (C=O) groups is 2. The zero-order valence-corrected chi connectivity index (χ0v) is 14.6. The van der Waals surface area contributed by atoms with Gasteiger partial charge in [0, 0.05) is 24.5 Å². The summed E-state index contributed by atoms with van der Waals surface area (Å²) in [4.78, 5) is 30.8. The summed E-state index contributed by atoms with van der Waals surface area (Å²) in [5.41, 5.74) is -0.768. The van der Waals surface area contributed by atoms with Gasteiger partial charge in [-0.25, -0.2) is 4.79 Å². The molecule has 2 heterocycles. The normalized spacial score (nSPS) is 19.2. The first-order valence-corrected chi connectivity index (χ1v) is 8.23. The molecule has 1 atom stereocenters. The number of carbonyl (C=O) groups excluding carboxylic acids is 1. The number of para-hydroxylation sites is 1. The smallest absolute Gasteiger partial charge is 0.334 e. The van der Waals surface area contributed by atoms with Gasteiger partial charge in [0.1, 0.15) is 0 Å². The molecule has 1 aliphatic rings. The summed E-state index contributed by atoms with van der Waals surface area (Å²) in [7, 11) is 2.95. The maximum Gasteiger partial charge on any atom is 0.334 e. The molecule has 0 aliphatic carbocycles. The highest BCUT2D eigenvalue weighted by molar-refractivity contribution is 5.98. The van der Waals surface area contributed by atoms with Gasteiger partial charge in [-0.05, 0) is 31.0 Å². The van der Waals surface area contributed by atoms with E-state index in [1.54, 1.807) is 36.5 Å². The van der Waals surface area contributed by atoms with Crippen LogP contribution in [0, 0.1) is 0 Å². The summed E-state index contributed by atoms with van der Waals surface area (Å²) in [5.74, 6) is -0.726. The topological polar surface area (TPSA) is 89.0 Å². The minimum atomic E-state index is -1.52. The fourth-order valence-electron chi connectivity index (χ4n) is 3.57. The molecular formula is C19H20N2O5. The fraction of sp³-hybridized carbons (Fsp3) is 0.316. The molecule has 1 amide bonds. The van der Waals surface area contributed by atoms with Crippen LogP contribution in [0.2, 0.25) is 0 Å². The van der Waals surface area contributed by atoms with Gasteiger partial charge >= 0.3 is 5.97 Å².